The third kappa shape index (κ3) is 3.33. The summed E-state index contributed by atoms with van der Waals surface area (Å²) in [6, 6.07) is 17.3. The first-order chi connectivity index (χ1) is 13.7. The van der Waals surface area contributed by atoms with Crippen molar-refractivity contribution in [3.63, 3.8) is 0 Å². The molecule has 4 rings (SSSR count). The van der Waals surface area contributed by atoms with Crippen LogP contribution in [0.4, 0.5) is 0 Å². The number of aromatic nitrogens is 2. The highest BCUT2D eigenvalue weighted by Crippen LogP contribution is 2.37. The van der Waals surface area contributed by atoms with Crippen LogP contribution in [0, 0.1) is 0 Å². The summed E-state index contributed by atoms with van der Waals surface area (Å²) in [4.78, 5) is 15.1. The Morgan fingerprint density at radius 2 is 1.96 bits per heavy atom. The van der Waals surface area contributed by atoms with E-state index in [0.717, 1.165) is 47.7 Å². The molecule has 1 aliphatic heterocycles. The fraction of sp³-hybridized carbons (Fsp3) is 0.273. The Kier molecular flexibility index (Phi) is 5.02. The largest absolute Gasteiger partial charge is 0.497 e. The van der Waals surface area contributed by atoms with E-state index >= 15 is 0 Å². The molecule has 2 heterocycles. The quantitative estimate of drug-likeness (QED) is 0.728. The minimum Gasteiger partial charge on any atom is -0.497 e. The van der Waals surface area contributed by atoms with E-state index in [1.54, 1.807) is 20.3 Å². The first-order valence-electron chi connectivity index (χ1n) is 9.35. The number of nitrogens with zero attached hydrogens (tertiary/aromatic N) is 2. The number of rotatable bonds is 5. The Hall–Kier alpha value is -3.28. The zero-order valence-corrected chi connectivity index (χ0v) is 16.0. The lowest BCUT2D eigenvalue weighted by atomic mass is 10.0. The Balaban J connectivity index is 1.60. The summed E-state index contributed by atoms with van der Waals surface area (Å²) in [5.74, 6) is 1.52. The number of H-pyrrole nitrogens is 1. The number of para-hydroxylation sites is 1. The highest BCUT2D eigenvalue weighted by atomic mass is 16.5. The highest BCUT2D eigenvalue weighted by Gasteiger charge is 2.33. The van der Waals surface area contributed by atoms with Gasteiger partial charge in [-0.3, -0.25) is 9.89 Å². The molecule has 0 radical (unpaired) electrons. The standard InChI is InChI=1S/C22H23N3O3/c1-27-16-8-5-7-15(13-16)18-14-19(24-23-18)22(26)25-12-6-10-20(25)17-9-3-4-11-21(17)28-2/h3-5,7-9,11,13-14,20H,6,10,12H2,1-2H3,(H,23,24)/t20-/m1/s1. The van der Waals surface area contributed by atoms with Crippen LogP contribution < -0.4 is 9.47 Å². The van der Waals surface area contributed by atoms with Crippen molar-refractivity contribution >= 4 is 5.91 Å². The average molecular weight is 377 g/mol. The van der Waals surface area contributed by atoms with E-state index in [2.05, 4.69) is 10.2 Å². The first-order valence-corrected chi connectivity index (χ1v) is 9.35. The van der Waals surface area contributed by atoms with Gasteiger partial charge in [-0.25, -0.2) is 0 Å². The fourth-order valence-electron chi connectivity index (χ4n) is 3.79. The summed E-state index contributed by atoms with van der Waals surface area (Å²) in [6.07, 6.45) is 1.88. The maximum absolute atomic E-state index is 13.2. The van der Waals surface area contributed by atoms with Crippen LogP contribution in [0.3, 0.4) is 0 Å². The average Bonchev–Trinajstić information content (AvgIpc) is 3.43. The molecule has 144 valence electrons. The number of carbonyl (C=O) groups excluding carboxylic acids is 1. The number of benzene rings is 2. The van der Waals surface area contributed by atoms with E-state index < -0.39 is 0 Å². The van der Waals surface area contributed by atoms with Crippen molar-refractivity contribution < 1.29 is 14.3 Å². The number of amides is 1. The third-order valence-corrected chi connectivity index (χ3v) is 5.19. The fourth-order valence-corrected chi connectivity index (χ4v) is 3.79. The molecule has 0 aliphatic carbocycles. The molecule has 3 aromatic rings. The summed E-state index contributed by atoms with van der Waals surface area (Å²) in [6.45, 7) is 0.717. The molecule has 1 saturated heterocycles. The van der Waals surface area contributed by atoms with Gasteiger partial charge in [0, 0.05) is 17.7 Å². The second kappa shape index (κ2) is 7.76. The molecule has 28 heavy (non-hydrogen) atoms. The molecule has 1 aliphatic rings. The highest BCUT2D eigenvalue weighted by molar-refractivity contribution is 5.94. The van der Waals surface area contributed by atoms with Crippen molar-refractivity contribution in [3.8, 4) is 22.8 Å². The van der Waals surface area contributed by atoms with Gasteiger partial charge in [0.15, 0.2) is 0 Å². The molecule has 0 bridgehead atoms. The Morgan fingerprint density at radius 3 is 2.79 bits per heavy atom. The van der Waals surface area contributed by atoms with Crippen molar-refractivity contribution in [1.82, 2.24) is 15.1 Å². The van der Waals surface area contributed by atoms with Crippen molar-refractivity contribution in [3.05, 3.63) is 65.9 Å². The van der Waals surface area contributed by atoms with Gasteiger partial charge in [-0.1, -0.05) is 30.3 Å². The van der Waals surface area contributed by atoms with Gasteiger partial charge < -0.3 is 14.4 Å². The maximum atomic E-state index is 13.2. The maximum Gasteiger partial charge on any atom is 0.272 e. The van der Waals surface area contributed by atoms with Gasteiger partial charge in [-0.05, 0) is 37.1 Å². The lowest BCUT2D eigenvalue weighted by Gasteiger charge is -2.25. The van der Waals surface area contributed by atoms with Gasteiger partial charge in [0.25, 0.3) is 5.91 Å². The lowest BCUT2D eigenvalue weighted by Crippen LogP contribution is -2.31. The molecule has 1 fully saturated rings. The SMILES string of the molecule is COc1cccc(-c2cc(C(=O)N3CCC[C@@H]3c3ccccc3OC)[nH]n2)c1. The molecule has 6 heteroatoms. The van der Waals surface area contributed by atoms with Crippen LogP contribution >= 0.6 is 0 Å². The Labute approximate surface area is 164 Å². The number of ether oxygens (including phenoxy) is 2. The van der Waals surface area contributed by atoms with E-state index in [0.29, 0.717) is 5.69 Å². The van der Waals surface area contributed by atoms with Gasteiger partial charge in [0.2, 0.25) is 0 Å². The Morgan fingerprint density at radius 1 is 1.11 bits per heavy atom. The zero-order valence-electron chi connectivity index (χ0n) is 16.0. The molecular weight excluding hydrogens is 354 g/mol. The topological polar surface area (TPSA) is 67.4 Å². The smallest absolute Gasteiger partial charge is 0.272 e. The number of aromatic amines is 1. The normalized spacial score (nSPS) is 16.2. The molecule has 1 amide bonds. The molecule has 0 saturated carbocycles. The minimum absolute atomic E-state index is 0.00668. The van der Waals surface area contributed by atoms with Crippen LogP contribution in [0.2, 0.25) is 0 Å². The molecule has 2 aromatic carbocycles. The molecular formula is C22H23N3O3. The molecule has 6 nitrogen and oxygen atoms in total. The molecule has 0 unspecified atom stereocenters. The molecule has 0 spiro atoms. The number of hydrogen-bond acceptors (Lipinski definition) is 4. The van der Waals surface area contributed by atoms with Crippen molar-refractivity contribution in [2.75, 3.05) is 20.8 Å². The van der Waals surface area contributed by atoms with E-state index in [1.165, 1.54) is 0 Å². The monoisotopic (exact) mass is 377 g/mol. The summed E-state index contributed by atoms with van der Waals surface area (Å²) in [5.41, 5.74) is 3.15. The van der Waals surface area contributed by atoms with E-state index in [-0.39, 0.29) is 11.9 Å². The number of hydrogen-bond donors (Lipinski definition) is 1. The van der Waals surface area contributed by atoms with Gasteiger partial charge in [-0.2, -0.15) is 5.10 Å². The van der Waals surface area contributed by atoms with Gasteiger partial charge >= 0.3 is 0 Å². The van der Waals surface area contributed by atoms with Crippen LogP contribution in [0.1, 0.15) is 34.9 Å². The van der Waals surface area contributed by atoms with Crippen LogP contribution in [-0.2, 0) is 0 Å². The van der Waals surface area contributed by atoms with Crippen molar-refractivity contribution in [1.29, 1.82) is 0 Å². The first kappa shape index (κ1) is 18.1. The van der Waals surface area contributed by atoms with E-state index in [4.69, 9.17) is 9.47 Å². The predicted molar refractivity (Wildman–Crippen MR) is 107 cm³/mol. The number of methoxy groups -OCH3 is 2. The summed E-state index contributed by atoms with van der Waals surface area (Å²) in [5, 5.41) is 7.24. The number of likely N-dealkylation sites (tertiary alicyclic amines) is 1. The summed E-state index contributed by atoms with van der Waals surface area (Å²) >= 11 is 0. The summed E-state index contributed by atoms with van der Waals surface area (Å²) in [7, 11) is 3.29. The summed E-state index contributed by atoms with van der Waals surface area (Å²) < 4.78 is 10.8. The van der Waals surface area contributed by atoms with Gasteiger partial charge in [-0.15, -0.1) is 0 Å². The molecule has 1 N–H and O–H groups in total. The Bertz CT molecular complexity index is 982. The molecule has 1 atom stereocenters. The lowest BCUT2D eigenvalue weighted by molar-refractivity contribution is 0.0728. The van der Waals surface area contributed by atoms with Crippen LogP contribution in [0.15, 0.2) is 54.6 Å². The van der Waals surface area contributed by atoms with Crippen molar-refractivity contribution in [2.45, 2.75) is 18.9 Å². The second-order valence-electron chi connectivity index (χ2n) is 6.80. The van der Waals surface area contributed by atoms with Crippen LogP contribution in [0.25, 0.3) is 11.3 Å². The number of carbonyl (C=O) groups is 1. The van der Waals surface area contributed by atoms with Gasteiger partial charge in [0.05, 0.1) is 26.0 Å². The van der Waals surface area contributed by atoms with Gasteiger partial charge in [0.1, 0.15) is 17.2 Å². The van der Waals surface area contributed by atoms with Crippen LogP contribution in [-0.4, -0.2) is 41.8 Å². The van der Waals surface area contributed by atoms with Crippen LogP contribution in [0.5, 0.6) is 11.5 Å². The third-order valence-electron chi connectivity index (χ3n) is 5.19. The minimum atomic E-state index is -0.0462. The number of nitrogens with one attached hydrogen (secondary N) is 1. The van der Waals surface area contributed by atoms with E-state index in [1.807, 2.05) is 53.4 Å². The van der Waals surface area contributed by atoms with Crippen molar-refractivity contribution in [2.24, 2.45) is 0 Å². The van der Waals surface area contributed by atoms with E-state index in [9.17, 15) is 4.79 Å². The molecule has 1 aromatic heterocycles. The zero-order chi connectivity index (χ0) is 19.5. The second-order valence-corrected chi connectivity index (χ2v) is 6.80. The predicted octanol–water partition coefficient (Wildman–Crippen LogP) is 4.07.